The Balaban J connectivity index is 0.000000549. The molecule has 5 aromatic rings. The number of halogens is 1. The number of likely N-dealkylation sites (tertiary alicyclic amines) is 1. The van der Waals surface area contributed by atoms with Crippen molar-refractivity contribution in [2.24, 2.45) is 7.05 Å². The zero-order valence-corrected chi connectivity index (χ0v) is 26.8. The van der Waals surface area contributed by atoms with Gasteiger partial charge in [-0.05, 0) is 73.7 Å². The minimum absolute atomic E-state index is 0.0283. The average Bonchev–Trinajstić information content (AvgIpc) is 3.47. The Morgan fingerprint density at radius 2 is 1.53 bits per heavy atom. The van der Waals surface area contributed by atoms with E-state index in [-0.39, 0.29) is 39.3 Å². The zero-order chi connectivity index (χ0) is 33.5. The van der Waals surface area contributed by atoms with Gasteiger partial charge in [-0.1, -0.05) is 71.8 Å². The molecule has 6 rings (SSSR count). The van der Waals surface area contributed by atoms with E-state index in [0.717, 1.165) is 18.4 Å². The van der Waals surface area contributed by atoms with Crippen LogP contribution in [0.25, 0.3) is 11.3 Å². The smallest absolute Gasteiger partial charge is 0.335 e. The van der Waals surface area contributed by atoms with Gasteiger partial charge in [0.15, 0.2) is 0 Å². The van der Waals surface area contributed by atoms with Crippen LogP contribution in [0.15, 0.2) is 103 Å². The molecule has 9 nitrogen and oxygen atoms in total. The third kappa shape index (κ3) is 7.88. The summed E-state index contributed by atoms with van der Waals surface area (Å²) >= 11 is 6.41. The summed E-state index contributed by atoms with van der Waals surface area (Å²) in [6, 6.07) is 28.6. The van der Waals surface area contributed by atoms with Gasteiger partial charge >= 0.3 is 5.97 Å². The molecule has 0 radical (unpaired) electrons. The Bertz CT molecular complexity index is 1880. The van der Waals surface area contributed by atoms with Crippen molar-refractivity contribution in [1.29, 1.82) is 0 Å². The first-order chi connectivity index (χ1) is 22.6. The second-order valence-corrected chi connectivity index (χ2v) is 11.8. The molecule has 10 heteroatoms. The molecule has 1 saturated heterocycles. The fourth-order valence-electron chi connectivity index (χ4n) is 5.58. The molecule has 0 spiro atoms. The number of hydrogen-bond acceptors (Lipinski definition) is 5. The Kier molecular flexibility index (Phi) is 10.4. The molecule has 2 heterocycles. The molecular formula is C37H35ClN4O5. The number of benzene rings is 4. The SMILES string of the molecule is Cc1ccccc1.Cn1ncc(C(=O)Nc2ccc(Cl)c(C(=O)N3CCC(c4ccc(C(=O)O)cc4)CC3)c2)c1-c1ccccc1O. The predicted molar refractivity (Wildman–Crippen MR) is 182 cm³/mol. The van der Waals surface area contributed by atoms with E-state index in [1.165, 1.54) is 16.4 Å². The second-order valence-electron chi connectivity index (χ2n) is 11.3. The Morgan fingerprint density at radius 3 is 2.15 bits per heavy atom. The van der Waals surface area contributed by atoms with Gasteiger partial charge in [-0.25, -0.2) is 4.79 Å². The summed E-state index contributed by atoms with van der Waals surface area (Å²) in [7, 11) is 1.69. The van der Waals surface area contributed by atoms with E-state index in [2.05, 4.69) is 29.5 Å². The highest BCUT2D eigenvalue weighted by atomic mass is 35.5. The van der Waals surface area contributed by atoms with Crippen molar-refractivity contribution in [2.45, 2.75) is 25.7 Å². The number of amides is 2. The minimum Gasteiger partial charge on any atom is -0.507 e. The van der Waals surface area contributed by atoms with Crippen LogP contribution in [0.3, 0.4) is 0 Å². The van der Waals surface area contributed by atoms with Crippen LogP contribution >= 0.6 is 11.6 Å². The van der Waals surface area contributed by atoms with Crippen molar-refractivity contribution >= 4 is 35.1 Å². The lowest BCUT2D eigenvalue weighted by Gasteiger charge is -2.32. The van der Waals surface area contributed by atoms with E-state index in [4.69, 9.17) is 16.7 Å². The quantitative estimate of drug-likeness (QED) is 0.176. The Hall–Kier alpha value is -5.41. The van der Waals surface area contributed by atoms with Crippen LogP contribution in [-0.4, -0.2) is 55.8 Å². The molecule has 0 bridgehead atoms. The third-order valence-corrected chi connectivity index (χ3v) is 8.48. The Morgan fingerprint density at radius 1 is 0.872 bits per heavy atom. The van der Waals surface area contributed by atoms with Gasteiger partial charge in [0, 0.05) is 31.4 Å². The first kappa shape index (κ1) is 33.0. The number of aromatic carboxylic acids is 1. The maximum absolute atomic E-state index is 13.4. The highest BCUT2D eigenvalue weighted by Crippen LogP contribution is 2.33. The molecular weight excluding hydrogens is 616 g/mol. The van der Waals surface area contributed by atoms with Crippen LogP contribution < -0.4 is 5.32 Å². The van der Waals surface area contributed by atoms with E-state index >= 15 is 0 Å². The number of hydrogen-bond donors (Lipinski definition) is 3. The first-order valence-electron chi connectivity index (χ1n) is 15.2. The number of carbonyl (C=O) groups excluding carboxylic acids is 2. The lowest BCUT2D eigenvalue weighted by atomic mass is 9.89. The average molecular weight is 651 g/mol. The second kappa shape index (κ2) is 14.8. The number of aromatic nitrogens is 2. The fraction of sp³-hybridized carbons (Fsp3) is 0.189. The number of phenolic OH excluding ortho intramolecular Hbond substituents is 1. The van der Waals surface area contributed by atoms with Crippen LogP contribution in [0.2, 0.25) is 5.02 Å². The van der Waals surface area contributed by atoms with Crippen molar-refractivity contribution in [1.82, 2.24) is 14.7 Å². The van der Waals surface area contributed by atoms with Crippen molar-refractivity contribution in [3.8, 4) is 17.0 Å². The van der Waals surface area contributed by atoms with E-state index in [9.17, 15) is 19.5 Å². The van der Waals surface area contributed by atoms with Crippen molar-refractivity contribution in [3.63, 3.8) is 0 Å². The molecule has 1 fully saturated rings. The molecule has 47 heavy (non-hydrogen) atoms. The van der Waals surface area contributed by atoms with E-state index < -0.39 is 11.9 Å². The van der Waals surface area contributed by atoms with Crippen LogP contribution in [0.4, 0.5) is 5.69 Å². The summed E-state index contributed by atoms with van der Waals surface area (Å²) in [5.74, 6) is -1.37. The number of nitrogens with one attached hydrogen (secondary N) is 1. The lowest BCUT2D eigenvalue weighted by molar-refractivity contribution is 0.0691. The number of carboxylic acid groups (broad SMARTS) is 1. The highest BCUT2D eigenvalue weighted by Gasteiger charge is 2.27. The van der Waals surface area contributed by atoms with Crippen LogP contribution in [0.5, 0.6) is 5.75 Å². The maximum atomic E-state index is 13.4. The van der Waals surface area contributed by atoms with E-state index in [1.54, 1.807) is 66.5 Å². The number of anilines is 1. The molecule has 0 unspecified atom stereocenters. The van der Waals surface area contributed by atoms with Gasteiger partial charge < -0.3 is 20.4 Å². The monoisotopic (exact) mass is 650 g/mol. The minimum atomic E-state index is -0.960. The van der Waals surface area contributed by atoms with Gasteiger partial charge in [-0.2, -0.15) is 5.10 Å². The van der Waals surface area contributed by atoms with Crippen molar-refractivity contribution < 1.29 is 24.6 Å². The van der Waals surface area contributed by atoms with E-state index in [1.807, 2.05) is 30.3 Å². The third-order valence-electron chi connectivity index (χ3n) is 8.15. The number of para-hydroxylation sites is 1. The number of carboxylic acids is 1. The van der Waals surface area contributed by atoms with Crippen LogP contribution in [0.1, 0.15) is 61.0 Å². The maximum Gasteiger partial charge on any atom is 0.335 e. The molecule has 240 valence electrons. The standard InChI is InChI=1S/C30H27ClN4O5.C7H8/c1-34-27(22-4-2-3-5-26(22)36)24(17-32-34)28(37)33-21-10-11-25(31)23(16-21)29(38)35-14-12-19(13-15-35)18-6-8-20(9-7-18)30(39)40;1-7-5-3-2-4-6-7/h2-11,16-17,19,36H,12-15H2,1H3,(H,33,37)(H,39,40);2-6H,1H3. The molecule has 1 aromatic heterocycles. The van der Waals surface area contributed by atoms with Gasteiger partial charge in [0.25, 0.3) is 11.8 Å². The van der Waals surface area contributed by atoms with Gasteiger partial charge in [-0.3, -0.25) is 14.3 Å². The topological polar surface area (TPSA) is 125 Å². The molecule has 4 aromatic carbocycles. The number of carbonyl (C=O) groups is 3. The zero-order valence-electron chi connectivity index (χ0n) is 26.1. The van der Waals surface area contributed by atoms with Gasteiger partial charge in [0.1, 0.15) is 5.75 Å². The lowest BCUT2D eigenvalue weighted by Crippen LogP contribution is -2.38. The molecule has 2 amide bonds. The summed E-state index contributed by atoms with van der Waals surface area (Å²) in [6.07, 6.45) is 2.91. The molecule has 3 N–H and O–H groups in total. The molecule has 1 aliphatic heterocycles. The number of aryl methyl sites for hydroxylation is 2. The Labute approximate surface area is 278 Å². The number of piperidine rings is 1. The number of rotatable bonds is 6. The molecule has 0 saturated carbocycles. The van der Waals surface area contributed by atoms with Crippen LogP contribution in [0, 0.1) is 6.92 Å². The number of nitrogens with zero attached hydrogens (tertiary/aromatic N) is 3. The number of aromatic hydroxyl groups is 1. The number of phenols is 1. The normalized spacial score (nSPS) is 13.0. The van der Waals surface area contributed by atoms with Crippen molar-refractivity contribution in [3.05, 3.63) is 136 Å². The first-order valence-corrected chi connectivity index (χ1v) is 15.6. The molecule has 0 atom stereocenters. The summed E-state index contributed by atoms with van der Waals surface area (Å²) < 4.78 is 1.52. The summed E-state index contributed by atoms with van der Waals surface area (Å²) in [4.78, 5) is 39.5. The summed E-state index contributed by atoms with van der Waals surface area (Å²) in [6.45, 7) is 3.13. The summed E-state index contributed by atoms with van der Waals surface area (Å²) in [5.41, 5.74) is 4.51. The predicted octanol–water partition coefficient (Wildman–Crippen LogP) is 7.41. The van der Waals surface area contributed by atoms with Gasteiger partial charge in [0.05, 0.1) is 33.6 Å². The fourth-order valence-corrected chi connectivity index (χ4v) is 5.78. The highest BCUT2D eigenvalue weighted by molar-refractivity contribution is 6.34. The van der Waals surface area contributed by atoms with Gasteiger partial charge in [-0.15, -0.1) is 0 Å². The largest absolute Gasteiger partial charge is 0.507 e. The van der Waals surface area contributed by atoms with E-state index in [0.29, 0.717) is 30.0 Å². The van der Waals surface area contributed by atoms with Crippen molar-refractivity contribution in [2.75, 3.05) is 18.4 Å². The van der Waals surface area contributed by atoms with Crippen LogP contribution in [-0.2, 0) is 7.05 Å². The van der Waals surface area contributed by atoms with Gasteiger partial charge in [0.2, 0.25) is 0 Å². The molecule has 1 aliphatic rings. The molecule has 0 aliphatic carbocycles. The summed E-state index contributed by atoms with van der Waals surface area (Å²) in [5, 5.41) is 26.7.